The van der Waals surface area contributed by atoms with Gasteiger partial charge < -0.3 is 4.74 Å². The third-order valence-corrected chi connectivity index (χ3v) is 4.71. The number of nitro groups is 1. The summed E-state index contributed by atoms with van der Waals surface area (Å²) in [6.07, 6.45) is 1.36. The number of nitro benzene ring substituents is 1. The number of nitrogens with zero attached hydrogens (tertiary/aromatic N) is 2. The van der Waals surface area contributed by atoms with E-state index in [0.717, 1.165) is 11.3 Å². The Balaban J connectivity index is 1.89. The molecule has 1 amide bonds. The van der Waals surface area contributed by atoms with Gasteiger partial charge in [0.15, 0.2) is 5.75 Å². The van der Waals surface area contributed by atoms with Crippen LogP contribution in [-0.2, 0) is 10.5 Å². The van der Waals surface area contributed by atoms with Crippen molar-refractivity contribution in [1.29, 1.82) is 0 Å². The number of hydrogen-bond acceptors (Lipinski definition) is 6. The van der Waals surface area contributed by atoms with Gasteiger partial charge in [-0.25, -0.2) is 5.43 Å². The SMILES string of the molecule is COc1ccc(/C=N\NC(=O)[C@@H](C)SCc2ccccc2)cc1[N+](=O)[O-]. The van der Waals surface area contributed by atoms with Gasteiger partial charge in [-0.1, -0.05) is 30.3 Å². The van der Waals surface area contributed by atoms with Crippen LogP contribution in [0.15, 0.2) is 53.6 Å². The summed E-state index contributed by atoms with van der Waals surface area (Å²) in [6, 6.07) is 14.3. The zero-order chi connectivity index (χ0) is 18.9. The average molecular weight is 373 g/mol. The van der Waals surface area contributed by atoms with Gasteiger partial charge in [0.05, 0.1) is 23.5 Å². The van der Waals surface area contributed by atoms with E-state index in [0.29, 0.717) is 5.56 Å². The van der Waals surface area contributed by atoms with Crippen LogP contribution in [0.1, 0.15) is 18.1 Å². The van der Waals surface area contributed by atoms with Crippen molar-refractivity contribution in [2.75, 3.05) is 7.11 Å². The topological polar surface area (TPSA) is 93.8 Å². The van der Waals surface area contributed by atoms with Crippen molar-refractivity contribution in [2.24, 2.45) is 5.10 Å². The van der Waals surface area contributed by atoms with Crippen molar-refractivity contribution >= 4 is 29.6 Å². The molecule has 0 spiro atoms. The summed E-state index contributed by atoms with van der Waals surface area (Å²) < 4.78 is 4.94. The van der Waals surface area contributed by atoms with Crippen LogP contribution in [0, 0.1) is 10.1 Å². The Kier molecular flexibility index (Phi) is 7.16. The Hall–Kier alpha value is -2.87. The number of nitrogens with one attached hydrogen (secondary N) is 1. The second-order valence-electron chi connectivity index (χ2n) is 5.36. The second kappa shape index (κ2) is 9.57. The first-order chi connectivity index (χ1) is 12.5. The molecule has 0 unspecified atom stereocenters. The minimum absolute atomic E-state index is 0.158. The molecule has 8 heteroatoms. The predicted octanol–water partition coefficient (Wildman–Crippen LogP) is 3.38. The molecule has 0 aromatic heterocycles. The summed E-state index contributed by atoms with van der Waals surface area (Å²) >= 11 is 1.50. The molecule has 2 aromatic rings. The predicted molar refractivity (Wildman–Crippen MR) is 103 cm³/mol. The molecule has 136 valence electrons. The van der Waals surface area contributed by atoms with E-state index in [9.17, 15) is 14.9 Å². The minimum Gasteiger partial charge on any atom is -0.490 e. The van der Waals surface area contributed by atoms with E-state index in [1.165, 1.54) is 37.2 Å². The number of hydrazone groups is 1. The first kappa shape index (κ1) is 19.5. The standard InChI is InChI=1S/C18H19N3O4S/c1-13(26-12-14-6-4-3-5-7-14)18(22)20-19-11-15-8-9-17(25-2)16(10-15)21(23)24/h3-11,13H,12H2,1-2H3,(H,20,22)/b19-11-/t13-/m1/s1. The normalized spacial score (nSPS) is 11.9. The number of ether oxygens (including phenoxy) is 1. The Bertz CT molecular complexity index is 796. The fourth-order valence-electron chi connectivity index (χ4n) is 2.06. The van der Waals surface area contributed by atoms with Gasteiger partial charge in [-0.15, -0.1) is 11.8 Å². The number of hydrogen-bond donors (Lipinski definition) is 1. The van der Waals surface area contributed by atoms with Crippen molar-refractivity contribution in [3.63, 3.8) is 0 Å². The molecule has 2 aromatic carbocycles. The molecule has 0 heterocycles. The van der Waals surface area contributed by atoms with Crippen LogP contribution in [0.25, 0.3) is 0 Å². The highest BCUT2D eigenvalue weighted by molar-refractivity contribution is 7.99. The first-order valence-corrected chi connectivity index (χ1v) is 8.87. The molecule has 0 saturated carbocycles. The van der Waals surface area contributed by atoms with Crippen molar-refractivity contribution in [2.45, 2.75) is 17.9 Å². The van der Waals surface area contributed by atoms with E-state index in [4.69, 9.17) is 4.74 Å². The summed E-state index contributed by atoms with van der Waals surface area (Å²) in [5.41, 5.74) is 3.93. The van der Waals surface area contributed by atoms with Crippen LogP contribution < -0.4 is 10.2 Å². The average Bonchev–Trinajstić information content (AvgIpc) is 2.66. The third-order valence-electron chi connectivity index (χ3n) is 3.50. The fourth-order valence-corrected chi connectivity index (χ4v) is 2.90. The lowest BCUT2D eigenvalue weighted by Crippen LogP contribution is -2.27. The number of methoxy groups -OCH3 is 1. The van der Waals surface area contributed by atoms with Crippen molar-refractivity contribution in [1.82, 2.24) is 5.43 Å². The number of amides is 1. The number of carbonyl (C=O) groups is 1. The van der Waals surface area contributed by atoms with Crippen LogP contribution in [-0.4, -0.2) is 29.4 Å². The minimum atomic E-state index is -0.531. The van der Waals surface area contributed by atoms with Crippen molar-refractivity contribution in [3.05, 3.63) is 69.8 Å². The molecule has 0 saturated heterocycles. The third kappa shape index (κ3) is 5.59. The van der Waals surface area contributed by atoms with Crippen molar-refractivity contribution in [3.8, 4) is 5.75 Å². The highest BCUT2D eigenvalue weighted by Gasteiger charge is 2.15. The summed E-state index contributed by atoms with van der Waals surface area (Å²) in [4.78, 5) is 22.5. The lowest BCUT2D eigenvalue weighted by molar-refractivity contribution is -0.385. The van der Waals surface area contributed by atoms with Gasteiger partial charge in [-0.2, -0.15) is 5.10 Å². The molecule has 0 aliphatic carbocycles. The largest absolute Gasteiger partial charge is 0.490 e. The van der Waals surface area contributed by atoms with E-state index >= 15 is 0 Å². The lowest BCUT2D eigenvalue weighted by Gasteiger charge is -2.09. The monoisotopic (exact) mass is 373 g/mol. The lowest BCUT2D eigenvalue weighted by atomic mass is 10.2. The number of rotatable bonds is 8. The van der Waals surface area contributed by atoms with Crippen LogP contribution in [0.4, 0.5) is 5.69 Å². The number of benzene rings is 2. The Morgan fingerprint density at radius 2 is 2.08 bits per heavy atom. The van der Waals surface area contributed by atoms with Crippen LogP contribution in [0.2, 0.25) is 0 Å². The molecule has 0 bridgehead atoms. The zero-order valence-corrected chi connectivity index (χ0v) is 15.2. The molecule has 0 aliphatic heterocycles. The molecular weight excluding hydrogens is 354 g/mol. The molecule has 0 fully saturated rings. The van der Waals surface area contributed by atoms with Crippen molar-refractivity contribution < 1.29 is 14.5 Å². The van der Waals surface area contributed by atoms with Crippen LogP contribution >= 0.6 is 11.8 Å². The Labute approximate surface area is 155 Å². The van der Waals surface area contributed by atoms with E-state index in [1.807, 2.05) is 30.3 Å². The van der Waals surface area contributed by atoms with Crippen LogP contribution in [0.3, 0.4) is 0 Å². The first-order valence-electron chi connectivity index (χ1n) is 7.82. The zero-order valence-electron chi connectivity index (χ0n) is 14.4. The molecular formula is C18H19N3O4S. The molecule has 7 nitrogen and oxygen atoms in total. The maximum atomic E-state index is 12.1. The molecule has 2 rings (SSSR count). The Morgan fingerprint density at radius 1 is 1.35 bits per heavy atom. The highest BCUT2D eigenvalue weighted by Crippen LogP contribution is 2.26. The van der Waals surface area contributed by atoms with Gasteiger partial charge in [0.1, 0.15) is 0 Å². The van der Waals surface area contributed by atoms with E-state index < -0.39 is 4.92 Å². The molecule has 1 N–H and O–H groups in total. The van der Waals surface area contributed by atoms with E-state index in [-0.39, 0.29) is 22.6 Å². The van der Waals surface area contributed by atoms with Crippen LogP contribution in [0.5, 0.6) is 5.75 Å². The summed E-state index contributed by atoms with van der Waals surface area (Å²) in [5, 5.41) is 14.6. The fraction of sp³-hybridized carbons (Fsp3) is 0.222. The number of carbonyl (C=O) groups excluding carboxylic acids is 1. The maximum Gasteiger partial charge on any atom is 0.311 e. The molecule has 0 radical (unpaired) electrons. The summed E-state index contributed by atoms with van der Waals surface area (Å²) in [7, 11) is 1.37. The van der Waals surface area contributed by atoms with E-state index in [2.05, 4.69) is 10.5 Å². The summed E-state index contributed by atoms with van der Waals surface area (Å²) in [5.74, 6) is 0.663. The number of thioether (sulfide) groups is 1. The maximum absolute atomic E-state index is 12.1. The van der Waals surface area contributed by atoms with Gasteiger partial charge in [0, 0.05) is 17.4 Å². The molecule has 0 aliphatic rings. The molecule has 26 heavy (non-hydrogen) atoms. The molecule has 1 atom stereocenters. The summed E-state index contributed by atoms with van der Waals surface area (Å²) in [6.45, 7) is 1.80. The van der Waals surface area contributed by atoms with E-state index in [1.54, 1.807) is 13.0 Å². The highest BCUT2D eigenvalue weighted by atomic mass is 32.2. The van der Waals surface area contributed by atoms with Gasteiger partial charge in [0.2, 0.25) is 0 Å². The second-order valence-corrected chi connectivity index (χ2v) is 6.69. The van der Waals surface area contributed by atoms with Gasteiger partial charge in [-0.05, 0) is 24.6 Å². The van der Waals surface area contributed by atoms with Gasteiger partial charge in [0.25, 0.3) is 5.91 Å². The Morgan fingerprint density at radius 3 is 2.73 bits per heavy atom. The van der Waals surface area contributed by atoms with Gasteiger partial charge >= 0.3 is 5.69 Å². The smallest absolute Gasteiger partial charge is 0.311 e. The van der Waals surface area contributed by atoms with Gasteiger partial charge in [-0.3, -0.25) is 14.9 Å². The quantitative estimate of drug-likeness (QED) is 0.435.